The zero-order chi connectivity index (χ0) is 30.7. The lowest BCUT2D eigenvalue weighted by Crippen LogP contribution is -2.31. The normalized spacial score (nSPS) is 14.3. The standard InChI is InChI=1S/C32H33BrClN5O3S/c1-6-13-42-29-23(33)15-22(16-26(29)41-5)28-27(30(40)36-25-12-11-18(2)14-19(25)3)20(4)35-31-37-32(38-39(28)31)43-17-21-9-7-8-10-24(21)34/h7-12,14-16,28H,6,13,17H2,1-5H3,(H,36,40)(H,35,37,38). The number of allylic oxidation sites excluding steroid dienone is 1. The van der Waals surface area contributed by atoms with Gasteiger partial charge in [0.15, 0.2) is 11.5 Å². The lowest BCUT2D eigenvalue weighted by Gasteiger charge is -2.29. The number of nitrogens with one attached hydrogen (secondary N) is 2. The van der Waals surface area contributed by atoms with Crippen LogP contribution >= 0.6 is 39.3 Å². The molecule has 0 spiro atoms. The van der Waals surface area contributed by atoms with Gasteiger partial charge in [-0.25, -0.2) is 4.68 Å². The van der Waals surface area contributed by atoms with Crippen molar-refractivity contribution in [3.63, 3.8) is 0 Å². The van der Waals surface area contributed by atoms with Gasteiger partial charge in [-0.05, 0) is 84.1 Å². The first-order valence-electron chi connectivity index (χ1n) is 13.9. The molecule has 4 aromatic rings. The molecule has 0 fully saturated rings. The Hall–Kier alpha value is -3.47. The van der Waals surface area contributed by atoms with Crippen molar-refractivity contribution in [1.82, 2.24) is 14.8 Å². The highest BCUT2D eigenvalue weighted by molar-refractivity contribution is 9.10. The number of thioether (sulfide) groups is 1. The summed E-state index contributed by atoms with van der Waals surface area (Å²) in [4.78, 5) is 18.8. The van der Waals surface area contributed by atoms with E-state index in [4.69, 9.17) is 31.2 Å². The minimum atomic E-state index is -0.602. The second-order valence-electron chi connectivity index (χ2n) is 10.3. The van der Waals surface area contributed by atoms with Crippen molar-refractivity contribution < 1.29 is 14.3 Å². The first kappa shape index (κ1) is 31.0. The van der Waals surface area contributed by atoms with Gasteiger partial charge in [-0.1, -0.05) is 66.2 Å². The highest BCUT2D eigenvalue weighted by atomic mass is 79.9. The molecule has 2 N–H and O–H groups in total. The van der Waals surface area contributed by atoms with Crippen LogP contribution in [0.3, 0.4) is 0 Å². The number of benzene rings is 3. The largest absolute Gasteiger partial charge is 0.493 e. The Morgan fingerprint density at radius 3 is 2.67 bits per heavy atom. The van der Waals surface area contributed by atoms with Crippen LogP contribution in [-0.2, 0) is 10.5 Å². The Morgan fingerprint density at radius 1 is 1.16 bits per heavy atom. The van der Waals surface area contributed by atoms with Crippen LogP contribution in [0.4, 0.5) is 11.6 Å². The van der Waals surface area contributed by atoms with E-state index in [0.29, 0.717) is 51.3 Å². The maximum Gasteiger partial charge on any atom is 0.255 e. The molecule has 1 amide bonds. The average molecular weight is 683 g/mol. The van der Waals surface area contributed by atoms with Crippen molar-refractivity contribution >= 4 is 56.8 Å². The van der Waals surface area contributed by atoms with Crippen molar-refractivity contribution in [3.05, 3.63) is 97.6 Å². The summed E-state index contributed by atoms with van der Waals surface area (Å²) in [7, 11) is 1.60. The summed E-state index contributed by atoms with van der Waals surface area (Å²) in [6.07, 6.45) is 0.854. The summed E-state index contributed by atoms with van der Waals surface area (Å²) in [5.74, 6) is 2.06. The summed E-state index contributed by atoms with van der Waals surface area (Å²) in [5.41, 5.74) is 5.82. The molecule has 0 radical (unpaired) electrons. The van der Waals surface area contributed by atoms with E-state index in [-0.39, 0.29) is 5.91 Å². The lowest BCUT2D eigenvalue weighted by atomic mass is 9.94. The van der Waals surface area contributed by atoms with E-state index >= 15 is 0 Å². The number of ether oxygens (including phenoxy) is 2. The Kier molecular flexibility index (Phi) is 9.68. The van der Waals surface area contributed by atoms with Gasteiger partial charge in [0, 0.05) is 22.2 Å². The monoisotopic (exact) mass is 681 g/mol. The third-order valence-electron chi connectivity index (χ3n) is 7.04. The van der Waals surface area contributed by atoms with E-state index in [2.05, 4.69) is 26.6 Å². The van der Waals surface area contributed by atoms with Crippen LogP contribution in [0.1, 0.15) is 48.6 Å². The van der Waals surface area contributed by atoms with Crippen LogP contribution in [0.25, 0.3) is 0 Å². The molecular formula is C32H33BrClN5O3S. The molecule has 1 atom stereocenters. The number of carbonyl (C=O) groups excluding carboxylic acids is 1. The van der Waals surface area contributed by atoms with Crippen LogP contribution in [0.15, 0.2) is 75.5 Å². The molecule has 0 saturated carbocycles. The number of amides is 1. The van der Waals surface area contributed by atoms with Crippen LogP contribution < -0.4 is 20.1 Å². The molecule has 1 aliphatic heterocycles. The molecule has 1 aromatic heterocycles. The van der Waals surface area contributed by atoms with Crippen molar-refractivity contribution in [2.45, 2.75) is 51.1 Å². The van der Waals surface area contributed by atoms with Crippen molar-refractivity contribution in [3.8, 4) is 11.5 Å². The number of fused-ring (bicyclic) bond motifs is 1. The quantitative estimate of drug-likeness (QED) is 0.163. The number of aryl methyl sites for hydroxylation is 2. The smallest absolute Gasteiger partial charge is 0.255 e. The minimum Gasteiger partial charge on any atom is -0.493 e. The van der Waals surface area contributed by atoms with Crippen molar-refractivity contribution in [1.29, 1.82) is 0 Å². The van der Waals surface area contributed by atoms with Gasteiger partial charge in [0.2, 0.25) is 11.1 Å². The molecule has 224 valence electrons. The van der Waals surface area contributed by atoms with Crippen molar-refractivity contribution in [2.24, 2.45) is 0 Å². The molecule has 2 heterocycles. The Morgan fingerprint density at radius 2 is 1.95 bits per heavy atom. The van der Waals surface area contributed by atoms with Crippen LogP contribution in [0.2, 0.25) is 5.02 Å². The number of rotatable bonds is 10. The van der Waals surface area contributed by atoms with Gasteiger partial charge in [0.25, 0.3) is 5.91 Å². The molecule has 0 saturated heterocycles. The summed E-state index contributed by atoms with van der Waals surface area (Å²) >= 11 is 11.6. The third-order valence-corrected chi connectivity index (χ3v) is 8.88. The number of aromatic nitrogens is 3. The number of anilines is 2. The molecule has 5 rings (SSSR count). The van der Waals surface area contributed by atoms with Crippen LogP contribution in [0, 0.1) is 13.8 Å². The SMILES string of the molecule is CCCOc1c(Br)cc(C2C(C(=O)Nc3ccc(C)cc3C)=C(C)Nc3nc(SCc4ccccc4Cl)nn32)cc1OC. The number of halogens is 2. The first-order chi connectivity index (χ1) is 20.7. The number of methoxy groups -OCH3 is 1. The van der Waals surface area contributed by atoms with Gasteiger partial charge in [0.1, 0.15) is 6.04 Å². The van der Waals surface area contributed by atoms with E-state index in [1.807, 2.05) is 82.3 Å². The second-order valence-corrected chi connectivity index (χ2v) is 12.5. The molecule has 43 heavy (non-hydrogen) atoms. The molecule has 1 unspecified atom stereocenters. The van der Waals surface area contributed by atoms with Crippen molar-refractivity contribution in [2.75, 3.05) is 24.4 Å². The van der Waals surface area contributed by atoms with Crippen LogP contribution in [0.5, 0.6) is 11.5 Å². The summed E-state index contributed by atoms with van der Waals surface area (Å²) < 4.78 is 14.2. The fourth-order valence-corrected chi connectivity index (χ4v) is 6.63. The molecule has 0 aliphatic carbocycles. The Bertz CT molecular complexity index is 1710. The average Bonchev–Trinajstić information content (AvgIpc) is 3.38. The Balaban J connectivity index is 1.57. The second kappa shape index (κ2) is 13.4. The predicted octanol–water partition coefficient (Wildman–Crippen LogP) is 8.33. The fraction of sp³-hybridized carbons (Fsp3) is 0.281. The fourth-order valence-electron chi connectivity index (χ4n) is 4.94. The highest BCUT2D eigenvalue weighted by Crippen LogP contribution is 2.43. The third kappa shape index (κ3) is 6.71. The van der Waals surface area contributed by atoms with Gasteiger partial charge in [-0.15, -0.1) is 5.10 Å². The van der Waals surface area contributed by atoms with Gasteiger partial charge >= 0.3 is 0 Å². The van der Waals surface area contributed by atoms with Gasteiger partial charge in [-0.3, -0.25) is 4.79 Å². The summed E-state index contributed by atoms with van der Waals surface area (Å²) in [6, 6.07) is 16.9. The molecule has 1 aliphatic rings. The van der Waals surface area contributed by atoms with E-state index in [1.54, 1.807) is 11.8 Å². The first-order valence-corrected chi connectivity index (χ1v) is 16.0. The molecule has 11 heteroatoms. The number of nitrogens with zero attached hydrogens (tertiary/aromatic N) is 3. The molecular weight excluding hydrogens is 650 g/mol. The van der Waals surface area contributed by atoms with E-state index in [0.717, 1.165) is 38.8 Å². The number of hydrogen-bond acceptors (Lipinski definition) is 7. The maximum absolute atomic E-state index is 14.1. The zero-order valence-corrected chi connectivity index (χ0v) is 27.8. The zero-order valence-electron chi connectivity index (χ0n) is 24.6. The predicted molar refractivity (Wildman–Crippen MR) is 177 cm³/mol. The number of carbonyl (C=O) groups is 1. The van der Waals surface area contributed by atoms with Gasteiger partial charge < -0.3 is 20.1 Å². The van der Waals surface area contributed by atoms with E-state index in [1.165, 1.54) is 11.8 Å². The molecule has 0 bridgehead atoms. The number of hydrogen-bond donors (Lipinski definition) is 2. The Labute approximate surface area is 269 Å². The maximum atomic E-state index is 14.1. The lowest BCUT2D eigenvalue weighted by molar-refractivity contribution is -0.113. The topological polar surface area (TPSA) is 90.3 Å². The van der Waals surface area contributed by atoms with Crippen LogP contribution in [-0.4, -0.2) is 34.4 Å². The summed E-state index contributed by atoms with van der Waals surface area (Å²) in [5, 5.41) is 12.6. The highest BCUT2D eigenvalue weighted by Gasteiger charge is 2.35. The molecule has 8 nitrogen and oxygen atoms in total. The van der Waals surface area contributed by atoms with E-state index in [9.17, 15) is 4.79 Å². The molecule has 3 aromatic carbocycles. The summed E-state index contributed by atoms with van der Waals surface area (Å²) in [6.45, 7) is 8.48. The van der Waals surface area contributed by atoms with Gasteiger partial charge in [-0.2, -0.15) is 4.98 Å². The minimum absolute atomic E-state index is 0.241. The van der Waals surface area contributed by atoms with Gasteiger partial charge in [0.05, 0.1) is 23.8 Å². The van der Waals surface area contributed by atoms with E-state index < -0.39 is 6.04 Å².